The lowest BCUT2D eigenvalue weighted by Crippen LogP contribution is -2.04. The molecule has 1 aromatic rings. The fourth-order valence-electron chi connectivity index (χ4n) is 1.53. The molecule has 0 aliphatic rings. The van der Waals surface area contributed by atoms with Gasteiger partial charge in [0.05, 0.1) is 18.7 Å². The van der Waals surface area contributed by atoms with Crippen molar-refractivity contribution in [1.29, 1.82) is 0 Å². The highest BCUT2D eigenvalue weighted by Crippen LogP contribution is 2.45. The van der Waals surface area contributed by atoms with E-state index in [-0.39, 0.29) is 18.3 Å². The number of phenols is 1. The van der Waals surface area contributed by atoms with Gasteiger partial charge in [0.2, 0.25) is 0 Å². The normalized spacial score (nSPS) is 12.3. The molecule has 1 unspecified atom stereocenters. The SMILES string of the molecule is COc1cc(Br)c(O)c(C(C)CO)c1OC. The average Bonchev–Trinajstić information content (AvgIpc) is 2.30. The maximum Gasteiger partial charge on any atom is 0.168 e. The highest BCUT2D eigenvalue weighted by Gasteiger charge is 2.22. The van der Waals surface area contributed by atoms with Gasteiger partial charge in [0.1, 0.15) is 5.75 Å². The Morgan fingerprint density at radius 3 is 2.44 bits per heavy atom. The van der Waals surface area contributed by atoms with Crippen molar-refractivity contribution in [2.45, 2.75) is 12.8 Å². The van der Waals surface area contributed by atoms with Gasteiger partial charge in [-0.1, -0.05) is 6.92 Å². The second kappa shape index (κ2) is 5.41. The monoisotopic (exact) mass is 290 g/mol. The standard InChI is InChI=1S/C11H15BrO4/c1-6(5-13)9-10(14)7(12)4-8(15-2)11(9)16-3/h4,6,13-14H,5H2,1-3H3. The van der Waals surface area contributed by atoms with Crippen LogP contribution in [0.2, 0.25) is 0 Å². The number of hydrogen-bond donors (Lipinski definition) is 2. The third kappa shape index (κ3) is 2.25. The molecule has 0 spiro atoms. The Morgan fingerprint density at radius 1 is 1.38 bits per heavy atom. The number of methoxy groups -OCH3 is 2. The number of ether oxygens (including phenoxy) is 2. The van der Waals surface area contributed by atoms with Crippen LogP contribution in [0.1, 0.15) is 18.4 Å². The van der Waals surface area contributed by atoms with Crippen LogP contribution >= 0.6 is 15.9 Å². The minimum absolute atomic E-state index is 0.0687. The summed E-state index contributed by atoms with van der Waals surface area (Å²) in [5.41, 5.74) is 0.538. The summed E-state index contributed by atoms with van der Waals surface area (Å²) in [5, 5.41) is 19.1. The summed E-state index contributed by atoms with van der Waals surface area (Å²) in [6.45, 7) is 1.72. The Morgan fingerprint density at radius 2 is 2.00 bits per heavy atom. The first-order chi connectivity index (χ1) is 7.56. The lowest BCUT2D eigenvalue weighted by Gasteiger charge is -2.18. The van der Waals surface area contributed by atoms with Crippen molar-refractivity contribution in [3.63, 3.8) is 0 Å². The summed E-state index contributed by atoms with van der Waals surface area (Å²) in [5.74, 6) is 0.799. The van der Waals surface area contributed by atoms with E-state index in [4.69, 9.17) is 14.6 Å². The molecule has 1 atom stereocenters. The summed E-state index contributed by atoms with van der Waals surface area (Å²) in [4.78, 5) is 0. The fourth-order valence-corrected chi connectivity index (χ4v) is 1.95. The number of aliphatic hydroxyl groups excluding tert-OH is 1. The van der Waals surface area contributed by atoms with E-state index in [2.05, 4.69) is 15.9 Å². The number of hydrogen-bond acceptors (Lipinski definition) is 4. The molecule has 0 aromatic heterocycles. The predicted molar refractivity (Wildman–Crippen MR) is 64.4 cm³/mol. The van der Waals surface area contributed by atoms with Gasteiger partial charge in [-0.3, -0.25) is 0 Å². The Hall–Kier alpha value is -0.940. The van der Waals surface area contributed by atoms with E-state index in [1.54, 1.807) is 13.0 Å². The van der Waals surface area contributed by atoms with E-state index >= 15 is 0 Å². The number of aromatic hydroxyl groups is 1. The predicted octanol–water partition coefficient (Wildman–Crippen LogP) is 2.27. The fraction of sp³-hybridized carbons (Fsp3) is 0.455. The minimum Gasteiger partial charge on any atom is -0.506 e. The largest absolute Gasteiger partial charge is 0.506 e. The zero-order valence-electron chi connectivity index (χ0n) is 9.45. The van der Waals surface area contributed by atoms with Gasteiger partial charge < -0.3 is 19.7 Å². The number of halogens is 1. The Kier molecular flexibility index (Phi) is 4.44. The highest BCUT2D eigenvalue weighted by molar-refractivity contribution is 9.10. The highest BCUT2D eigenvalue weighted by atomic mass is 79.9. The van der Waals surface area contributed by atoms with Crippen molar-refractivity contribution in [3.8, 4) is 17.2 Å². The molecule has 0 aliphatic carbocycles. The molecule has 0 amide bonds. The second-order valence-corrected chi connectivity index (χ2v) is 4.29. The molecule has 0 radical (unpaired) electrons. The second-order valence-electron chi connectivity index (χ2n) is 3.44. The maximum absolute atomic E-state index is 9.94. The molecular formula is C11H15BrO4. The van der Waals surface area contributed by atoms with Crippen LogP contribution in [-0.4, -0.2) is 31.0 Å². The Labute approximate surface area is 103 Å². The average molecular weight is 291 g/mol. The first kappa shape index (κ1) is 13.1. The van der Waals surface area contributed by atoms with E-state index in [1.807, 2.05) is 0 Å². The van der Waals surface area contributed by atoms with E-state index in [0.717, 1.165) is 0 Å². The third-order valence-electron chi connectivity index (χ3n) is 2.40. The van der Waals surface area contributed by atoms with Gasteiger partial charge in [-0.05, 0) is 15.9 Å². The smallest absolute Gasteiger partial charge is 0.168 e. The molecule has 1 aromatic carbocycles. The molecule has 0 heterocycles. The van der Waals surface area contributed by atoms with E-state index < -0.39 is 0 Å². The summed E-state index contributed by atoms with van der Waals surface area (Å²) in [6, 6.07) is 1.63. The summed E-state index contributed by atoms with van der Waals surface area (Å²) < 4.78 is 10.9. The molecule has 90 valence electrons. The van der Waals surface area contributed by atoms with Crippen LogP contribution in [0.15, 0.2) is 10.5 Å². The van der Waals surface area contributed by atoms with Gasteiger partial charge in [-0.2, -0.15) is 0 Å². The Bertz CT molecular complexity index is 379. The summed E-state index contributed by atoms with van der Waals surface area (Å²) in [7, 11) is 3.02. The lowest BCUT2D eigenvalue weighted by molar-refractivity contribution is 0.264. The zero-order valence-corrected chi connectivity index (χ0v) is 11.0. The van der Waals surface area contributed by atoms with E-state index in [1.165, 1.54) is 14.2 Å². The summed E-state index contributed by atoms with van der Waals surface area (Å²) >= 11 is 3.23. The van der Waals surface area contributed by atoms with Crippen LogP contribution in [0.3, 0.4) is 0 Å². The van der Waals surface area contributed by atoms with Gasteiger partial charge in [0, 0.05) is 24.2 Å². The van der Waals surface area contributed by atoms with Gasteiger partial charge in [0.15, 0.2) is 11.5 Å². The van der Waals surface area contributed by atoms with Gasteiger partial charge in [-0.25, -0.2) is 0 Å². The van der Waals surface area contributed by atoms with Crippen LogP contribution in [-0.2, 0) is 0 Å². The molecule has 5 heteroatoms. The quantitative estimate of drug-likeness (QED) is 0.893. The molecule has 0 aliphatic heterocycles. The molecule has 0 fully saturated rings. The molecule has 0 saturated heterocycles. The van der Waals surface area contributed by atoms with Gasteiger partial charge in [-0.15, -0.1) is 0 Å². The maximum atomic E-state index is 9.94. The van der Waals surface area contributed by atoms with Crippen LogP contribution < -0.4 is 9.47 Å². The molecule has 4 nitrogen and oxygen atoms in total. The van der Waals surface area contributed by atoms with Gasteiger partial charge in [0.25, 0.3) is 0 Å². The molecule has 0 bridgehead atoms. The minimum atomic E-state index is -0.235. The van der Waals surface area contributed by atoms with Gasteiger partial charge >= 0.3 is 0 Å². The van der Waals surface area contributed by atoms with Crippen molar-refractivity contribution in [1.82, 2.24) is 0 Å². The molecule has 0 saturated carbocycles. The van der Waals surface area contributed by atoms with E-state index in [9.17, 15) is 5.11 Å². The zero-order chi connectivity index (χ0) is 12.3. The van der Waals surface area contributed by atoms with Crippen LogP contribution in [0.5, 0.6) is 17.2 Å². The number of phenolic OH excluding ortho intramolecular Hbond substituents is 1. The van der Waals surface area contributed by atoms with Crippen LogP contribution in [0.25, 0.3) is 0 Å². The number of aliphatic hydroxyl groups is 1. The molecule has 16 heavy (non-hydrogen) atoms. The molecule has 2 N–H and O–H groups in total. The van der Waals surface area contributed by atoms with Crippen LogP contribution in [0.4, 0.5) is 0 Å². The van der Waals surface area contributed by atoms with Crippen molar-refractivity contribution in [3.05, 3.63) is 16.1 Å². The van der Waals surface area contributed by atoms with Crippen molar-refractivity contribution in [2.75, 3.05) is 20.8 Å². The number of benzene rings is 1. The van der Waals surface area contributed by atoms with E-state index in [0.29, 0.717) is 21.5 Å². The molecular weight excluding hydrogens is 276 g/mol. The summed E-state index contributed by atoms with van der Waals surface area (Å²) in [6.07, 6.45) is 0. The van der Waals surface area contributed by atoms with Crippen molar-refractivity contribution >= 4 is 15.9 Å². The first-order valence-corrected chi connectivity index (χ1v) is 5.60. The van der Waals surface area contributed by atoms with Crippen molar-refractivity contribution < 1.29 is 19.7 Å². The van der Waals surface area contributed by atoms with Crippen LogP contribution in [0, 0.1) is 0 Å². The Balaban J connectivity index is 3.46. The lowest BCUT2D eigenvalue weighted by atomic mass is 9.99. The topological polar surface area (TPSA) is 58.9 Å². The van der Waals surface area contributed by atoms with Crippen molar-refractivity contribution in [2.24, 2.45) is 0 Å². The third-order valence-corrected chi connectivity index (χ3v) is 3.00. The molecule has 1 rings (SSSR count). The first-order valence-electron chi connectivity index (χ1n) is 4.81. The number of rotatable bonds is 4.